The fourth-order valence-electron chi connectivity index (χ4n) is 3.76. The molecule has 0 aromatic heterocycles. The van der Waals surface area contributed by atoms with Crippen LogP contribution in [0.1, 0.15) is 82.9 Å². The number of amides is 1. The van der Waals surface area contributed by atoms with Gasteiger partial charge in [-0.1, -0.05) is 52.0 Å². The van der Waals surface area contributed by atoms with Gasteiger partial charge in [0.05, 0.1) is 12.6 Å². The van der Waals surface area contributed by atoms with Crippen LogP contribution in [0.2, 0.25) is 0 Å². The lowest BCUT2D eigenvalue weighted by molar-refractivity contribution is -0.121. The summed E-state index contributed by atoms with van der Waals surface area (Å²) >= 11 is 0. The van der Waals surface area contributed by atoms with Crippen molar-refractivity contribution in [3.05, 3.63) is 35.4 Å². The molecule has 1 aliphatic carbocycles. The third-order valence-corrected chi connectivity index (χ3v) is 5.68. The van der Waals surface area contributed by atoms with Gasteiger partial charge in [0, 0.05) is 6.04 Å². The zero-order valence-corrected chi connectivity index (χ0v) is 16.6. The first-order chi connectivity index (χ1) is 12.4. The standard InChI is InChI=1S/C22H33N3O/c1-5-17(4)18-8-10-19(11-9-18)21(16(2)3)24-14-20(26)25-22(15-23)12-6-7-13-22/h8-11,16-17,21,24H,5-7,12-14H2,1-4H3,(H,25,26). The summed E-state index contributed by atoms with van der Waals surface area (Å²) in [6, 6.07) is 11.2. The van der Waals surface area contributed by atoms with E-state index in [4.69, 9.17) is 0 Å². The molecular formula is C22H33N3O. The maximum Gasteiger partial charge on any atom is 0.235 e. The highest BCUT2D eigenvalue weighted by Crippen LogP contribution is 2.29. The maximum atomic E-state index is 12.4. The van der Waals surface area contributed by atoms with Gasteiger partial charge in [0.1, 0.15) is 5.54 Å². The van der Waals surface area contributed by atoms with Crippen molar-refractivity contribution in [3.63, 3.8) is 0 Å². The Balaban J connectivity index is 1.98. The first-order valence-electron chi connectivity index (χ1n) is 9.96. The Morgan fingerprint density at radius 3 is 2.23 bits per heavy atom. The molecule has 0 saturated heterocycles. The molecule has 142 valence electrons. The predicted octanol–water partition coefficient (Wildman–Crippen LogP) is 4.44. The first kappa shape index (κ1) is 20.5. The van der Waals surface area contributed by atoms with Crippen LogP contribution in [-0.2, 0) is 4.79 Å². The van der Waals surface area contributed by atoms with Gasteiger partial charge in [0.2, 0.25) is 5.91 Å². The number of nitriles is 1. The summed E-state index contributed by atoms with van der Waals surface area (Å²) in [5, 5.41) is 15.8. The number of carbonyl (C=O) groups excluding carboxylic acids is 1. The quantitative estimate of drug-likeness (QED) is 0.724. The lowest BCUT2D eigenvalue weighted by Crippen LogP contribution is -2.48. The van der Waals surface area contributed by atoms with E-state index in [9.17, 15) is 10.1 Å². The zero-order valence-electron chi connectivity index (χ0n) is 16.6. The molecule has 1 saturated carbocycles. The molecule has 0 bridgehead atoms. The summed E-state index contributed by atoms with van der Waals surface area (Å²) in [5.41, 5.74) is 1.91. The second-order valence-electron chi connectivity index (χ2n) is 8.03. The van der Waals surface area contributed by atoms with Crippen LogP contribution in [0.25, 0.3) is 0 Å². The number of nitrogens with zero attached hydrogens (tertiary/aromatic N) is 1. The van der Waals surface area contributed by atoms with Crippen LogP contribution in [0, 0.1) is 17.2 Å². The molecule has 1 aromatic rings. The Kier molecular flexibility index (Phi) is 7.23. The van der Waals surface area contributed by atoms with Crippen molar-refractivity contribution < 1.29 is 4.79 Å². The fraction of sp³-hybridized carbons (Fsp3) is 0.636. The topological polar surface area (TPSA) is 64.9 Å². The molecule has 4 heteroatoms. The van der Waals surface area contributed by atoms with Crippen LogP contribution in [0.4, 0.5) is 0 Å². The van der Waals surface area contributed by atoms with Gasteiger partial charge in [0.25, 0.3) is 0 Å². The Morgan fingerprint density at radius 1 is 1.15 bits per heavy atom. The monoisotopic (exact) mass is 355 g/mol. The van der Waals surface area contributed by atoms with E-state index in [2.05, 4.69) is 68.7 Å². The molecule has 1 amide bonds. The van der Waals surface area contributed by atoms with Crippen LogP contribution < -0.4 is 10.6 Å². The molecule has 0 radical (unpaired) electrons. The molecule has 1 aromatic carbocycles. The number of nitrogens with one attached hydrogen (secondary N) is 2. The van der Waals surface area contributed by atoms with Gasteiger partial charge >= 0.3 is 0 Å². The Morgan fingerprint density at radius 2 is 1.73 bits per heavy atom. The molecule has 26 heavy (non-hydrogen) atoms. The van der Waals surface area contributed by atoms with E-state index in [-0.39, 0.29) is 18.5 Å². The van der Waals surface area contributed by atoms with E-state index in [1.165, 1.54) is 11.1 Å². The minimum absolute atomic E-state index is 0.0877. The van der Waals surface area contributed by atoms with E-state index in [1.807, 2.05) is 0 Å². The van der Waals surface area contributed by atoms with E-state index in [1.54, 1.807) is 0 Å². The molecule has 2 atom stereocenters. The lowest BCUT2D eigenvalue weighted by Gasteiger charge is -2.26. The van der Waals surface area contributed by atoms with Crippen molar-refractivity contribution in [1.29, 1.82) is 5.26 Å². The fourth-order valence-corrected chi connectivity index (χ4v) is 3.76. The Bertz CT molecular complexity index is 624. The smallest absolute Gasteiger partial charge is 0.235 e. The molecule has 2 N–H and O–H groups in total. The van der Waals surface area contributed by atoms with Crippen LogP contribution in [0.5, 0.6) is 0 Å². The second kappa shape index (κ2) is 9.19. The second-order valence-corrected chi connectivity index (χ2v) is 8.03. The summed E-state index contributed by atoms with van der Waals surface area (Å²) in [6.07, 6.45) is 4.68. The zero-order chi connectivity index (χ0) is 19.2. The highest BCUT2D eigenvalue weighted by molar-refractivity contribution is 5.79. The number of hydrogen-bond acceptors (Lipinski definition) is 3. The highest BCUT2D eigenvalue weighted by Gasteiger charge is 2.35. The molecule has 2 unspecified atom stereocenters. The van der Waals surface area contributed by atoms with Gasteiger partial charge in [-0.05, 0) is 55.1 Å². The van der Waals surface area contributed by atoms with Crippen molar-refractivity contribution in [2.45, 2.75) is 77.3 Å². The first-order valence-corrected chi connectivity index (χ1v) is 9.96. The SMILES string of the molecule is CCC(C)c1ccc(C(NCC(=O)NC2(C#N)CCCC2)C(C)C)cc1. The minimum atomic E-state index is -0.649. The maximum absolute atomic E-state index is 12.4. The molecule has 1 fully saturated rings. The molecule has 1 aliphatic rings. The largest absolute Gasteiger partial charge is 0.337 e. The summed E-state index contributed by atoms with van der Waals surface area (Å²) in [7, 11) is 0. The van der Waals surface area contributed by atoms with E-state index in [0.717, 1.165) is 32.1 Å². The third kappa shape index (κ3) is 5.08. The van der Waals surface area contributed by atoms with Crippen molar-refractivity contribution >= 4 is 5.91 Å². The van der Waals surface area contributed by atoms with Crippen LogP contribution >= 0.6 is 0 Å². The number of hydrogen-bond donors (Lipinski definition) is 2. The highest BCUT2D eigenvalue weighted by atomic mass is 16.2. The minimum Gasteiger partial charge on any atom is -0.337 e. The van der Waals surface area contributed by atoms with E-state index < -0.39 is 5.54 Å². The average Bonchev–Trinajstić information content (AvgIpc) is 3.10. The summed E-state index contributed by atoms with van der Waals surface area (Å²) in [6.45, 7) is 9.00. The average molecular weight is 356 g/mol. The normalized spacial score (nSPS) is 18.3. The molecule has 0 heterocycles. The van der Waals surface area contributed by atoms with Crippen LogP contribution in [0.15, 0.2) is 24.3 Å². The van der Waals surface area contributed by atoms with Gasteiger partial charge < -0.3 is 10.6 Å². The van der Waals surface area contributed by atoms with Crippen molar-refractivity contribution in [1.82, 2.24) is 10.6 Å². The number of carbonyl (C=O) groups is 1. The number of benzene rings is 1. The lowest BCUT2D eigenvalue weighted by atomic mass is 9.92. The molecule has 4 nitrogen and oxygen atoms in total. The van der Waals surface area contributed by atoms with Gasteiger partial charge in [-0.3, -0.25) is 4.79 Å². The van der Waals surface area contributed by atoms with Gasteiger partial charge in [0.15, 0.2) is 0 Å². The predicted molar refractivity (Wildman–Crippen MR) is 106 cm³/mol. The van der Waals surface area contributed by atoms with Crippen molar-refractivity contribution in [2.75, 3.05) is 6.54 Å². The Labute approximate surface area is 158 Å². The molecule has 0 aliphatic heterocycles. The molecular weight excluding hydrogens is 322 g/mol. The third-order valence-electron chi connectivity index (χ3n) is 5.68. The summed E-state index contributed by atoms with van der Waals surface area (Å²) in [5.74, 6) is 0.845. The summed E-state index contributed by atoms with van der Waals surface area (Å²) in [4.78, 5) is 12.4. The van der Waals surface area contributed by atoms with Crippen LogP contribution in [0.3, 0.4) is 0 Å². The van der Waals surface area contributed by atoms with E-state index in [0.29, 0.717) is 11.8 Å². The van der Waals surface area contributed by atoms with Gasteiger partial charge in [-0.2, -0.15) is 5.26 Å². The van der Waals surface area contributed by atoms with Crippen molar-refractivity contribution in [2.24, 2.45) is 5.92 Å². The van der Waals surface area contributed by atoms with Crippen LogP contribution in [-0.4, -0.2) is 18.0 Å². The Hall–Kier alpha value is -1.86. The van der Waals surface area contributed by atoms with Crippen molar-refractivity contribution in [3.8, 4) is 6.07 Å². The van der Waals surface area contributed by atoms with E-state index >= 15 is 0 Å². The molecule has 0 spiro atoms. The molecule has 2 rings (SSSR count). The number of rotatable bonds is 8. The summed E-state index contributed by atoms with van der Waals surface area (Å²) < 4.78 is 0. The van der Waals surface area contributed by atoms with Gasteiger partial charge in [-0.25, -0.2) is 0 Å². The van der Waals surface area contributed by atoms with Gasteiger partial charge in [-0.15, -0.1) is 0 Å².